The lowest BCUT2D eigenvalue weighted by Crippen LogP contribution is -2.31. The molecule has 278 valence electrons. The molecule has 0 saturated heterocycles. The van der Waals surface area contributed by atoms with Crippen molar-refractivity contribution in [2.24, 2.45) is 0 Å². The summed E-state index contributed by atoms with van der Waals surface area (Å²) in [6, 6.07) is 55.0. The van der Waals surface area contributed by atoms with Crippen LogP contribution < -0.4 is 0 Å². The molecule has 0 amide bonds. The van der Waals surface area contributed by atoms with Crippen molar-refractivity contribution in [3.8, 4) is 22.8 Å². The molecular formula is C54H36N4S. The van der Waals surface area contributed by atoms with E-state index in [0.717, 1.165) is 39.3 Å². The Bertz CT molecular complexity index is 3570. The van der Waals surface area contributed by atoms with Crippen LogP contribution >= 0.6 is 11.3 Å². The Morgan fingerprint density at radius 3 is 1.76 bits per heavy atom. The molecule has 1 aliphatic rings. The van der Waals surface area contributed by atoms with Gasteiger partial charge in [-0.3, -0.25) is 9.13 Å². The van der Waals surface area contributed by atoms with E-state index >= 15 is 0 Å². The lowest BCUT2D eigenvalue weighted by Gasteiger charge is -2.38. The van der Waals surface area contributed by atoms with Crippen molar-refractivity contribution in [2.45, 2.75) is 12.3 Å². The van der Waals surface area contributed by atoms with Crippen molar-refractivity contribution in [1.82, 2.24) is 19.1 Å². The Morgan fingerprint density at radius 2 is 1.12 bits per heavy atom. The summed E-state index contributed by atoms with van der Waals surface area (Å²) in [4.78, 5) is 9.91. The quantitative estimate of drug-likeness (QED) is 0.158. The fraction of sp³-hybridized carbons (Fsp3) is 0.0370. The molecule has 1 unspecified atom stereocenters. The van der Waals surface area contributed by atoms with E-state index in [0.29, 0.717) is 0 Å². The van der Waals surface area contributed by atoms with Crippen molar-refractivity contribution in [3.05, 3.63) is 217 Å². The monoisotopic (exact) mass is 772 g/mol. The van der Waals surface area contributed by atoms with Gasteiger partial charge in [-0.15, -0.1) is 11.3 Å². The first-order valence-corrected chi connectivity index (χ1v) is 20.9. The molecule has 0 radical (unpaired) electrons. The molecule has 12 rings (SSSR count). The summed E-state index contributed by atoms with van der Waals surface area (Å²) in [5.74, 6) is 1.79. The van der Waals surface area contributed by atoms with Crippen molar-refractivity contribution in [2.75, 3.05) is 0 Å². The molecule has 0 saturated carbocycles. The number of para-hydroxylation sites is 2. The highest BCUT2D eigenvalue weighted by Gasteiger charge is 2.45. The number of aromatic nitrogens is 4. The van der Waals surface area contributed by atoms with Crippen LogP contribution in [0.5, 0.6) is 0 Å². The second kappa shape index (κ2) is 12.8. The van der Waals surface area contributed by atoms with E-state index in [1.807, 2.05) is 35.9 Å². The van der Waals surface area contributed by atoms with E-state index in [1.165, 1.54) is 69.5 Å². The third-order valence-electron chi connectivity index (χ3n) is 12.4. The summed E-state index contributed by atoms with van der Waals surface area (Å²) >= 11 is 1.92. The second-order valence-corrected chi connectivity index (χ2v) is 16.3. The van der Waals surface area contributed by atoms with Gasteiger partial charge in [0.15, 0.2) is 0 Å². The molecule has 0 fully saturated rings. The highest BCUT2D eigenvalue weighted by Crippen LogP contribution is 2.60. The third-order valence-corrected chi connectivity index (χ3v) is 13.6. The van der Waals surface area contributed by atoms with Gasteiger partial charge in [0.1, 0.15) is 11.6 Å². The number of rotatable bonds is 6. The van der Waals surface area contributed by atoms with Gasteiger partial charge >= 0.3 is 0 Å². The smallest absolute Gasteiger partial charge is 0.137 e. The molecule has 4 nitrogen and oxygen atoms in total. The highest BCUT2D eigenvalue weighted by molar-refractivity contribution is 7.28. The summed E-state index contributed by atoms with van der Waals surface area (Å²) in [7, 11) is 0. The average molecular weight is 773 g/mol. The highest BCUT2D eigenvalue weighted by atomic mass is 32.1. The van der Waals surface area contributed by atoms with Crippen LogP contribution in [0.15, 0.2) is 201 Å². The van der Waals surface area contributed by atoms with Crippen molar-refractivity contribution in [1.29, 1.82) is 0 Å². The largest absolute Gasteiger partial charge is 0.294 e. The standard InChI is InChI=1S/C54H36N4S/c1-3-4-6-19-34(2)54(35-20-7-5-8-21-35)40-25-12-9-22-36(40)39-32-44-48(37-23-10-13-26-42(37)57(44)46-28-15-17-30-55-46)52-50(39)51-41(54)33-45-49(53(51)59-52)38-24-11-14-27-43(38)58(45)47-29-16-18-31-56-47/h3-33H,2H2,1H3/b4-3-,19-6-. The molecule has 1 atom stereocenters. The van der Waals surface area contributed by atoms with Gasteiger partial charge in [-0.1, -0.05) is 134 Å². The second-order valence-electron chi connectivity index (χ2n) is 15.3. The Hall–Kier alpha value is -7.34. The zero-order valence-electron chi connectivity index (χ0n) is 32.3. The first kappa shape index (κ1) is 33.8. The predicted molar refractivity (Wildman–Crippen MR) is 248 cm³/mol. The summed E-state index contributed by atoms with van der Waals surface area (Å²) < 4.78 is 7.25. The molecular weight excluding hydrogens is 737 g/mol. The molecule has 5 aromatic heterocycles. The van der Waals surface area contributed by atoms with Crippen molar-refractivity contribution < 1.29 is 0 Å². The number of fused-ring (bicyclic) bond motifs is 10. The van der Waals surface area contributed by atoms with Crippen molar-refractivity contribution in [3.63, 3.8) is 0 Å². The fourth-order valence-electron chi connectivity index (χ4n) is 10.1. The molecule has 0 spiro atoms. The van der Waals surface area contributed by atoms with Gasteiger partial charge in [0, 0.05) is 54.1 Å². The van der Waals surface area contributed by atoms with Gasteiger partial charge < -0.3 is 0 Å². The average Bonchev–Trinajstić information content (AvgIpc) is 3.93. The number of hydrogen-bond donors (Lipinski definition) is 0. The van der Waals surface area contributed by atoms with Crippen LogP contribution in [0.4, 0.5) is 0 Å². The fourth-order valence-corrected chi connectivity index (χ4v) is 11.6. The number of hydrogen-bond acceptors (Lipinski definition) is 3. The zero-order chi connectivity index (χ0) is 39.2. The van der Waals surface area contributed by atoms with Crippen LogP contribution in [-0.4, -0.2) is 19.1 Å². The maximum atomic E-state index is 5.03. The van der Waals surface area contributed by atoms with Crippen LogP contribution in [0.25, 0.3) is 86.5 Å². The Labute approximate surface area is 345 Å². The van der Waals surface area contributed by atoms with E-state index in [4.69, 9.17) is 16.5 Å². The molecule has 0 bridgehead atoms. The molecule has 59 heavy (non-hydrogen) atoms. The maximum absolute atomic E-state index is 5.03. The number of thiophene rings is 1. The molecule has 5 heterocycles. The summed E-state index contributed by atoms with van der Waals surface area (Å²) in [6.07, 6.45) is 12.3. The molecule has 1 aliphatic carbocycles. The van der Waals surface area contributed by atoms with Gasteiger partial charge in [0.25, 0.3) is 0 Å². The van der Waals surface area contributed by atoms with Gasteiger partial charge in [-0.05, 0) is 88.8 Å². The normalized spacial score (nSPS) is 15.2. The zero-order valence-corrected chi connectivity index (χ0v) is 33.1. The molecule has 11 aromatic rings. The van der Waals surface area contributed by atoms with Crippen LogP contribution in [0, 0.1) is 0 Å². The van der Waals surface area contributed by atoms with E-state index in [9.17, 15) is 0 Å². The molecule has 5 heteroatoms. The van der Waals surface area contributed by atoms with E-state index in [-0.39, 0.29) is 0 Å². The first-order valence-electron chi connectivity index (χ1n) is 20.1. The topological polar surface area (TPSA) is 35.6 Å². The van der Waals surface area contributed by atoms with Crippen LogP contribution in [0.2, 0.25) is 0 Å². The van der Waals surface area contributed by atoms with Gasteiger partial charge in [0.05, 0.1) is 27.5 Å². The summed E-state index contributed by atoms with van der Waals surface area (Å²) in [5, 5.41) is 7.46. The molecule has 0 N–H and O–H groups in total. The van der Waals surface area contributed by atoms with Crippen LogP contribution in [0.3, 0.4) is 0 Å². The Morgan fingerprint density at radius 1 is 0.542 bits per heavy atom. The van der Waals surface area contributed by atoms with E-state index in [2.05, 4.69) is 180 Å². The van der Waals surface area contributed by atoms with Crippen molar-refractivity contribution >= 4 is 75.1 Å². The molecule has 6 aromatic carbocycles. The van der Waals surface area contributed by atoms with Gasteiger partial charge in [-0.2, -0.15) is 0 Å². The van der Waals surface area contributed by atoms with E-state index < -0.39 is 5.41 Å². The van der Waals surface area contributed by atoms with Crippen LogP contribution in [-0.2, 0) is 5.41 Å². The number of benzene rings is 6. The predicted octanol–water partition coefficient (Wildman–Crippen LogP) is 14.0. The first-order chi connectivity index (χ1) is 29.2. The van der Waals surface area contributed by atoms with Gasteiger partial charge in [-0.25, -0.2) is 9.97 Å². The minimum atomic E-state index is -0.774. The Balaban J connectivity index is 1.40. The lowest BCUT2D eigenvalue weighted by molar-refractivity contribution is 0.759. The number of nitrogens with zero attached hydrogens (tertiary/aromatic N) is 4. The minimum absolute atomic E-state index is 0.774. The SMILES string of the molecule is C=C(/C=C\C=C/C)C1(c2ccccc2)c2ccccc2-c2cc3c(c4ccccc4n3-c3ccccn3)c3sc4c(c1cc1c4c4ccccc4n1-c1ccccn1)c23. The minimum Gasteiger partial charge on any atom is -0.294 e. The van der Waals surface area contributed by atoms with Crippen LogP contribution in [0.1, 0.15) is 23.6 Å². The number of allylic oxidation sites excluding steroid dienone is 5. The molecule has 0 aliphatic heterocycles. The Kier molecular flexibility index (Phi) is 7.35. The maximum Gasteiger partial charge on any atom is 0.137 e. The third kappa shape index (κ3) is 4.53. The lowest BCUT2D eigenvalue weighted by atomic mass is 9.63. The van der Waals surface area contributed by atoms with E-state index in [1.54, 1.807) is 0 Å². The van der Waals surface area contributed by atoms with Gasteiger partial charge in [0.2, 0.25) is 0 Å². The number of pyridine rings is 2. The summed E-state index contributed by atoms with van der Waals surface area (Å²) in [6.45, 7) is 7.09. The summed E-state index contributed by atoms with van der Waals surface area (Å²) in [5.41, 5.74) is 10.7.